The molecule has 0 bridgehead atoms. The molecule has 6 nitrogen and oxygen atoms in total. The van der Waals surface area contributed by atoms with Gasteiger partial charge in [0.2, 0.25) is 0 Å². The highest BCUT2D eigenvalue weighted by molar-refractivity contribution is 5.76. The molecule has 0 spiro atoms. The molecule has 0 aromatic rings. The molecular formula is C14H24O6. The van der Waals surface area contributed by atoms with Gasteiger partial charge in [-0.15, -0.1) is 0 Å². The van der Waals surface area contributed by atoms with Crippen molar-refractivity contribution in [1.82, 2.24) is 0 Å². The van der Waals surface area contributed by atoms with Gasteiger partial charge in [-0.25, -0.2) is 0 Å². The fraction of sp³-hybridized carbons (Fsp3) is 0.786. The third-order valence-electron chi connectivity index (χ3n) is 3.56. The summed E-state index contributed by atoms with van der Waals surface area (Å²) in [4.78, 5) is 32.5. The Morgan fingerprint density at radius 2 is 1.55 bits per heavy atom. The van der Waals surface area contributed by atoms with E-state index in [0.29, 0.717) is 19.3 Å². The van der Waals surface area contributed by atoms with Crippen molar-refractivity contribution in [2.45, 2.75) is 58.8 Å². The van der Waals surface area contributed by atoms with Crippen LogP contribution in [0.1, 0.15) is 58.8 Å². The molecule has 116 valence electrons. The largest absolute Gasteiger partial charge is 0.481 e. The van der Waals surface area contributed by atoms with Crippen LogP contribution in [-0.4, -0.2) is 33.2 Å². The lowest BCUT2D eigenvalue weighted by Crippen LogP contribution is -2.31. The Morgan fingerprint density at radius 1 is 1.00 bits per heavy atom. The number of hydrogen-bond acceptors (Lipinski definition) is 3. The van der Waals surface area contributed by atoms with Crippen LogP contribution in [0.3, 0.4) is 0 Å². The predicted octanol–water partition coefficient (Wildman–Crippen LogP) is 2.61. The fourth-order valence-corrected chi connectivity index (χ4v) is 2.20. The second kappa shape index (κ2) is 8.55. The first-order chi connectivity index (χ1) is 9.19. The molecule has 0 fully saturated rings. The van der Waals surface area contributed by atoms with Crippen molar-refractivity contribution in [3.8, 4) is 0 Å². The average Bonchev–Trinajstić information content (AvgIpc) is 2.32. The first-order valence-corrected chi connectivity index (χ1v) is 6.87. The molecule has 3 N–H and O–H groups in total. The van der Waals surface area contributed by atoms with E-state index in [9.17, 15) is 19.5 Å². The maximum absolute atomic E-state index is 11.3. The fourth-order valence-electron chi connectivity index (χ4n) is 2.20. The van der Waals surface area contributed by atoms with Gasteiger partial charge in [0.1, 0.15) is 0 Å². The monoisotopic (exact) mass is 288 g/mol. The van der Waals surface area contributed by atoms with Crippen molar-refractivity contribution in [2.24, 2.45) is 11.3 Å². The summed E-state index contributed by atoms with van der Waals surface area (Å²) in [6.07, 6.45) is 3.40. The topological polar surface area (TPSA) is 112 Å². The van der Waals surface area contributed by atoms with Crippen molar-refractivity contribution in [3.63, 3.8) is 0 Å². The van der Waals surface area contributed by atoms with Crippen LogP contribution in [0.15, 0.2) is 0 Å². The molecule has 0 saturated heterocycles. The molecule has 0 radical (unpaired) electrons. The summed E-state index contributed by atoms with van der Waals surface area (Å²) in [5, 5.41) is 26.6. The zero-order chi connectivity index (χ0) is 15.8. The van der Waals surface area contributed by atoms with Gasteiger partial charge in [-0.1, -0.05) is 26.2 Å². The van der Waals surface area contributed by atoms with E-state index in [0.717, 1.165) is 12.8 Å². The summed E-state index contributed by atoms with van der Waals surface area (Å²) >= 11 is 0. The number of carboxylic acids is 3. The van der Waals surface area contributed by atoms with Gasteiger partial charge >= 0.3 is 17.9 Å². The van der Waals surface area contributed by atoms with E-state index in [-0.39, 0.29) is 12.8 Å². The van der Waals surface area contributed by atoms with Crippen LogP contribution in [0.5, 0.6) is 0 Å². The molecule has 0 aliphatic heterocycles. The number of unbranched alkanes of at least 4 members (excludes halogenated alkanes) is 3. The summed E-state index contributed by atoms with van der Waals surface area (Å²) in [6, 6.07) is 0. The number of aliphatic carboxylic acids is 3. The van der Waals surface area contributed by atoms with Crippen LogP contribution < -0.4 is 0 Å². The van der Waals surface area contributed by atoms with E-state index in [4.69, 9.17) is 10.2 Å². The molecule has 0 aromatic heterocycles. The zero-order valence-corrected chi connectivity index (χ0v) is 12.1. The van der Waals surface area contributed by atoms with Crippen molar-refractivity contribution in [3.05, 3.63) is 0 Å². The second-order valence-electron chi connectivity index (χ2n) is 5.62. The van der Waals surface area contributed by atoms with Crippen molar-refractivity contribution < 1.29 is 29.7 Å². The lowest BCUT2D eigenvalue weighted by Gasteiger charge is -2.26. The van der Waals surface area contributed by atoms with Gasteiger partial charge < -0.3 is 15.3 Å². The third-order valence-corrected chi connectivity index (χ3v) is 3.56. The van der Waals surface area contributed by atoms with Crippen molar-refractivity contribution in [1.29, 1.82) is 0 Å². The molecule has 0 aliphatic carbocycles. The predicted molar refractivity (Wildman–Crippen MR) is 72.5 cm³/mol. The Balaban J connectivity index is 4.17. The standard InChI is InChI=1S/C14H24O6/c1-10(12(17)18)9-14(2,13(19)20)8-6-4-3-5-7-11(15)16/h10H,3-9H2,1-2H3,(H,15,16)(H,17,18)(H,19,20). The van der Waals surface area contributed by atoms with Crippen LogP contribution in [0.4, 0.5) is 0 Å². The minimum absolute atomic E-state index is 0.104. The molecule has 0 rings (SSSR count). The average molecular weight is 288 g/mol. The maximum atomic E-state index is 11.3. The summed E-state index contributed by atoms with van der Waals surface area (Å²) in [5.41, 5.74) is -1.04. The lowest BCUT2D eigenvalue weighted by atomic mass is 9.77. The first-order valence-electron chi connectivity index (χ1n) is 6.87. The van der Waals surface area contributed by atoms with E-state index < -0.39 is 29.2 Å². The quantitative estimate of drug-likeness (QED) is 0.504. The van der Waals surface area contributed by atoms with Gasteiger partial charge in [0, 0.05) is 6.42 Å². The molecule has 6 heteroatoms. The second-order valence-corrected chi connectivity index (χ2v) is 5.62. The normalized spacial score (nSPS) is 15.3. The molecule has 0 amide bonds. The number of carboxylic acid groups (broad SMARTS) is 3. The molecule has 0 heterocycles. The minimum Gasteiger partial charge on any atom is -0.481 e. The first kappa shape index (κ1) is 18.4. The molecule has 0 aromatic carbocycles. The van der Waals surface area contributed by atoms with E-state index in [1.54, 1.807) is 6.92 Å². The molecule has 2 atom stereocenters. The van der Waals surface area contributed by atoms with Crippen LogP contribution in [0.2, 0.25) is 0 Å². The summed E-state index contributed by atoms with van der Waals surface area (Å²) < 4.78 is 0. The highest BCUT2D eigenvalue weighted by Gasteiger charge is 2.35. The molecule has 0 saturated carbocycles. The van der Waals surface area contributed by atoms with Gasteiger partial charge in [0.05, 0.1) is 11.3 Å². The van der Waals surface area contributed by atoms with E-state index in [2.05, 4.69) is 0 Å². The molecule has 20 heavy (non-hydrogen) atoms. The van der Waals surface area contributed by atoms with Crippen LogP contribution in [0.25, 0.3) is 0 Å². The third kappa shape index (κ3) is 7.11. The van der Waals surface area contributed by atoms with Crippen LogP contribution >= 0.6 is 0 Å². The Bertz CT molecular complexity index is 352. The molecule has 2 unspecified atom stereocenters. The number of carbonyl (C=O) groups is 3. The summed E-state index contributed by atoms with van der Waals surface area (Å²) in [7, 11) is 0. The number of hydrogen-bond donors (Lipinski definition) is 3. The van der Waals surface area contributed by atoms with Crippen molar-refractivity contribution in [2.75, 3.05) is 0 Å². The minimum atomic E-state index is -1.04. The molecule has 0 aliphatic rings. The highest BCUT2D eigenvalue weighted by Crippen LogP contribution is 2.32. The Morgan fingerprint density at radius 3 is 2.00 bits per heavy atom. The Kier molecular flexibility index (Phi) is 7.87. The lowest BCUT2D eigenvalue weighted by molar-refractivity contribution is -0.151. The number of rotatable bonds is 11. The van der Waals surface area contributed by atoms with Gasteiger partial charge in [-0.05, 0) is 26.2 Å². The summed E-state index contributed by atoms with van der Waals surface area (Å²) in [5.74, 6) is -3.48. The highest BCUT2D eigenvalue weighted by atomic mass is 16.4. The van der Waals surface area contributed by atoms with Gasteiger partial charge in [-0.2, -0.15) is 0 Å². The maximum Gasteiger partial charge on any atom is 0.309 e. The van der Waals surface area contributed by atoms with E-state index >= 15 is 0 Å². The van der Waals surface area contributed by atoms with Crippen molar-refractivity contribution >= 4 is 17.9 Å². The SMILES string of the molecule is CC(CC(C)(CCCCCCC(=O)O)C(=O)O)C(=O)O. The van der Waals surface area contributed by atoms with Crippen LogP contribution in [-0.2, 0) is 14.4 Å². The Hall–Kier alpha value is -1.59. The van der Waals surface area contributed by atoms with E-state index in [1.165, 1.54) is 6.92 Å². The van der Waals surface area contributed by atoms with Gasteiger partial charge in [-0.3, -0.25) is 14.4 Å². The Labute approximate surface area is 118 Å². The molecular weight excluding hydrogens is 264 g/mol. The van der Waals surface area contributed by atoms with E-state index in [1.807, 2.05) is 0 Å². The van der Waals surface area contributed by atoms with Gasteiger partial charge in [0.25, 0.3) is 0 Å². The van der Waals surface area contributed by atoms with Crippen LogP contribution in [0, 0.1) is 11.3 Å². The zero-order valence-electron chi connectivity index (χ0n) is 12.1. The smallest absolute Gasteiger partial charge is 0.309 e. The van der Waals surface area contributed by atoms with Gasteiger partial charge in [0.15, 0.2) is 0 Å². The summed E-state index contributed by atoms with van der Waals surface area (Å²) in [6.45, 7) is 3.09.